The monoisotopic (exact) mass is 236 g/mol. The van der Waals surface area contributed by atoms with Crippen LogP contribution in [0.5, 0.6) is 0 Å². The number of hydrogen-bond donors (Lipinski definition) is 2. The number of H-pyrrole nitrogens is 1. The average molecular weight is 236 g/mol. The minimum absolute atomic E-state index is 0.467. The van der Waals surface area contributed by atoms with Crippen molar-refractivity contribution in [3.8, 4) is 0 Å². The van der Waals surface area contributed by atoms with E-state index in [1.807, 2.05) is 6.20 Å². The van der Waals surface area contributed by atoms with Gasteiger partial charge in [-0.3, -0.25) is 0 Å². The first-order valence-electron chi connectivity index (χ1n) is 6.38. The number of aromatic nitrogens is 1. The molecule has 1 aliphatic heterocycles. The fraction of sp³-hybridized carbons (Fsp3) is 0.692. The van der Waals surface area contributed by atoms with E-state index in [-0.39, 0.29) is 0 Å². The van der Waals surface area contributed by atoms with Crippen molar-refractivity contribution in [2.75, 3.05) is 40.8 Å². The van der Waals surface area contributed by atoms with Crippen molar-refractivity contribution >= 4 is 0 Å². The number of nitrogens with zero attached hydrogens (tertiary/aromatic N) is 2. The van der Waals surface area contributed by atoms with Crippen LogP contribution in [0.3, 0.4) is 0 Å². The highest BCUT2D eigenvalue weighted by molar-refractivity contribution is 5.10. The second kappa shape index (κ2) is 5.67. The van der Waals surface area contributed by atoms with Crippen molar-refractivity contribution in [1.29, 1.82) is 0 Å². The van der Waals surface area contributed by atoms with E-state index >= 15 is 0 Å². The fourth-order valence-electron chi connectivity index (χ4n) is 2.59. The maximum atomic E-state index is 3.61. The van der Waals surface area contributed by atoms with E-state index in [9.17, 15) is 0 Å². The van der Waals surface area contributed by atoms with Crippen LogP contribution < -0.4 is 5.32 Å². The van der Waals surface area contributed by atoms with Crippen LogP contribution in [0.2, 0.25) is 0 Å². The lowest BCUT2D eigenvalue weighted by atomic mass is 10.0. The predicted molar refractivity (Wildman–Crippen MR) is 71.1 cm³/mol. The summed E-state index contributed by atoms with van der Waals surface area (Å²) >= 11 is 0. The van der Waals surface area contributed by atoms with Gasteiger partial charge in [0.1, 0.15) is 0 Å². The Kier molecular flexibility index (Phi) is 4.20. The van der Waals surface area contributed by atoms with Gasteiger partial charge in [-0.05, 0) is 39.7 Å². The van der Waals surface area contributed by atoms with E-state index in [1.165, 1.54) is 5.69 Å². The number of rotatable bonds is 4. The second-order valence-electron chi connectivity index (χ2n) is 5.25. The quantitative estimate of drug-likeness (QED) is 0.815. The lowest BCUT2D eigenvalue weighted by Crippen LogP contribution is -2.50. The Morgan fingerprint density at radius 1 is 1.53 bits per heavy atom. The predicted octanol–water partition coefficient (Wildman–Crippen LogP) is 0.911. The van der Waals surface area contributed by atoms with Crippen LogP contribution in [0.4, 0.5) is 0 Å². The molecule has 0 amide bonds. The normalized spacial score (nSPS) is 24.1. The Morgan fingerprint density at radius 3 is 2.94 bits per heavy atom. The van der Waals surface area contributed by atoms with E-state index < -0.39 is 0 Å². The molecule has 4 nitrogen and oxygen atoms in total. The zero-order chi connectivity index (χ0) is 12.3. The molecule has 0 saturated carbocycles. The summed E-state index contributed by atoms with van der Waals surface area (Å²) in [5.74, 6) is 0. The minimum atomic E-state index is 0.467. The van der Waals surface area contributed by atoms with Gasteiger partial charge in [-0.2, -0.15) is 0 Å². The lowest BCUT2D eigenvalue weighted by Gasteiger charge is -2.34. The average Bonchev–Trinajstić information content (AvgIpc) is 2.78. The van der Waals surface area contributed by atoms with Crippen molar-refractivity contribution in [2.45, 2.75) is 18.5 Å². The maximum absolute atomic E-state index is 3.61. The summed E-state index contributed by atoms with van der Waals surface area (Å²) in [6.45, 7) is 3.41. The molecule has 4 heteroatoms. The van der Waals surface area contributed by atoms with E-state index in [0.717, 1.165) is 26.1 Å². The maximum Gasteiger partial charge on any atom is 0.0508 e. The number of nitrogens with one attached hydrogen (secondary N) is 2. The van der Waals surface area contributed by atoms with E-state index in [1.54, 1.807) is 0 Å². The van der Waals surface area contributed by atoms with Gasteiger partial charge in [-0.25, -0.2) is 0 Å². The Labute approximate surface area is 104 Å². The Bertz CT molecular complexity index is 320. The van der Waals surface area contributed by atoms with Crippen LogP contribution in [0, 0.1) is 0 Å². The molecule has 1 aliphatic rings. The van der Waals surface area contributed by atoms with Gasteiger partial charge in [-0.15, -0.1) is 0 Å². The summed E-state index contributed by atoms with van der Waals surface area (Å²) in [6.07, 6.45) is 3.16. The SMILES string of the molecule is CN1CCNC(CC(c2ccc[nH]2)N(C)C)C1. The van der Waals surface area contributed by atoms with E-state index in [4.69, 9.17) is 0 Å². The van der Waals surface area contributed by atoms with Crippen LogP contribution >= 0.6 is 0 Å². The zero-order valence-corrected chi connectivity index (χ0v) is 11.1. The van der Waals surface area contributed by atoms with Crippen LogP contribution in [0.15, 0.2) is 18.3 Å². The Morgan fingerprint density at radius 2 is 2.35 bits per heavy atom. The third-order valence-electron chi connectivity index (χ3n) is 3.57. The molecular weight excluding hydrogens is 212 g/mol. The first-order valence-corrected chi connectivity index (χ1v) is 6.38. The summed E-state index contributed by atoms with van der Waals surface area (Å²) in [5.41, 5.74) is 1.31. The van der Waals surface area contributed by atoms with Gasteiger partial charge in [0.2, 0.25) is 0 Å². The summed E-state index contributed by atoms with van der Waals surface area (Å²) in [7, 11) is 6.50. The zero-order valence-electron chi connectivity index (χ0n) is 11.1. The fourth-order valence-corrected chi connectivity index (χ4v) is 2.59. The molecule has 2 atom stereocenters. The second-order valence-corrected chi connectivity index (χ2v) is 5.25. The molecule has 0 radical (unpaired) electrons. The third-order valence-corrected chi connectivity index (χ3v) is 3.57. The first kappa shape index (κ1) is 12.6. The van der Waals surface area contributed by atoms with Gasteiger partial charge >= 0.3 is 0 Å². The standard InChI is InChI=1S/C13H24N4/c1-16(2)13(12-5-4-6-15-12)9-11-10-17(3)8-7-14-11/h4-6,11,13-15H,7-10H2,1-3H3. The highest BCUT2D eigenvalue weighted by Crippen LogP contribution is 2.22. The molecule has 1 aromatic rings. The number of hydrogen-bond acceptors (Lipinski definition) is 3. The molecule has 0 aliphatic carbocycles. The van der Waals surface area contributed by atoms with Crippen LogP contribution in [-0.4, -0.2) is 61.6 Å². The summed E-state index contributed by atoms with van der Waals surface area (Å²) in [5, 5.41) is 3.61. The molecule has 2 heterocycles. The van der Waals surface area contributed by atoms with Crippen molar-refractivity contribution in [3.63, 3.8) is 0 Å². The molecule has 1 aromatic heterocycles. The molecule has 96 valence electrons. The Balaban J connectivity index is 1.98. The molecule has 2 rings (SSSR count). The van der Waals surface area contributed by atoms with Crippen LogP contribution in [-0.2, 0) is 0 Å². The van der Waals surface area contributed by atoms with Gasteiger partial charge in [0.15, 0.2) is 0 Å². The summed E-state index contributed by atoms with van der Waals surface area (Å²) < 4.78 is 0. The molecule has 0 spiro atoms. The number of likely N-dealkylation sites (N-methyl/N-ethyl adjacent to an activating group) is 1. The molecule has 0 bridgehead atoms. The van der Waals surface area contributed by atoms with Gasteiger partial charge in [0.25, 0.3) is 0 Å². The third kappa shape index (κ3) is 3.31. The number of piperazine rings is 1. The first-order chi connectivity index (χ1) is 8.16. The highest BCUT2D eigenvalue weighted by Gasteiger charge is 2.23. The largest absolute Gasteiger partial charge is 0.364 e. The van der Waals surface area contributed by atoms with Gasteiger partial charge in [0.05, 0.1) is 6.04 Å². The molecule has 17 heavy (non-hydrogen) atoms. The van der Waals surface area contributed by atoms with Crippen molar-refractivity contribution in [1.82, 2.24) is 20.1 Å². The smallest absolute Gasteiger partial charge is 0.0508 e. The van der Waals surface area contributed by atoms with E-state index in [2.05, 4.69) is 53.4 Å². The van der Waals surface area contributed by atoms with Crippen molar-refractivity contribution in [3.05, 3.63) is 24.0 Å². The van der Waals surface area contributed by atoms with Crippen molar-refractivity contribution < 1.29 is 0 Å². The van der Waals surface area contributed by atoms with Gasteiger partial charge in [0, 0.05) is 37.6 Å². The molecule has 0 aromatic carbocycles. The molecule has 1 saturated heterocycles. The van der Waals surface area contributed by atoms with Crippen molar-refractivity contribution in [2.24, 2.45) is 0 Å². The number of aromatic amines is 1. The minimum Gasteiger partial charge on any atom is -0.364 e. The topological polar surface area (TPSA) is 34.3 Å². The summed E-state index contributed by atoms with van der Waals surface area (Å²) in [4.78, 5) is 8.04. The highest BCUT2D eigenvalue weighted by atomic mass is 15.2. The van der Waals surface area contributed by atoms with E-state index in [0.29, 0.717) is 12.1 Å². The van der Waals surface area contributed by atoms with Crippen LogP contribution in [0.1, 0.15) is 18.2 Å². The molecule has 2 unspecified atom stereocenters. The van der Waals surface area contributed by atoms with Gasteiger partial charge in [-0.1, -0.05) is 0 Å². The molecule has 1 fully saturated rings. The van der Waals surface area contributed by atoms with Crippen LogP contribution in [0.25, 0.3) is 0 Å². The van der Waals surface area contributed by atoms with Gasteiger partial charge < -0.3 is 20.1 Å². The summed E-state index contributed by atoms with van der Waals surface area (Å²) in [6, 6.07) is 5.31. The Hall–Kier alpha value is -0.840. The molecular formula is C13H24N4. The lowest BCUT2D eigenvalue weighted by molar-refractivity contribution is 0.188. The molecule has 2 N–H and O–H groups in total.